The molecule has 0 N–H and O–H groups in total. The van der Waals surface area contributed by atoms with Gasteiger partial charge in [0.15, 0.2) is 0 Å². The summed E-state index contributed by atoms with van der Waals surface area (Å²) in [7, 11) is 3.29. The van der Waals surface area contributed by atoms with E-state index in [1.165, 1.54) is 0 Å². The normalized spacial score (nSPS) is 10.5. The molecular weight excluding hydrogens is 292 g/mol. The molecule has 6 heteroatoms. The zero-order chi connectivity index (χ0) is 15.4. The number of halogens is 1. The van der Waals surface area contributed by atoms with Crippen molar-refractivity contribution in [3.63, 3.8) is 0 Å². The maximum atomic E-state index is 12.3. The monoisotopic (exact) mass is 308 g/mol. The van der Waals surface area contributed by atoms with E-state index >= 15 is 0 Å². The number of aromatic nitrogens is 1. The number of carbonyl (C=O) groups excluding carboxylic acids is 1. The van der Waals surface area contributed by atoms with Crippen LogP contribution < -0.4 is 4.74 Å². The van der Waals surface area contributed by atoms with Gasteiger partial charge in [-0.25, -0.2) is 0 Å². The fraction of sp³-hybridized carbons (Fsp3) is 0.333. The fourth-order valence-electron chi connectivity index (χ4n) is 2.01. The van der Waals surface area contributed by atoms with E-state index in [-0.39, 0.29) is 12.3 Å². The van der Waals surface area contributed by atoms with Crippen LogP contribution >= 0.6 is 11.6 Å². The molecule has 0 saturated heterocycles. The van der Waals surface area contributed by atoms with Gasteiger partial charge in [-0.1, -0.05) is 16.8 Å². The zero-order valence-corrected chi connectivity index (χ0v) is 13.0. The highest BCUT2D eigenvalue weighted by molar-refractivity contribution is 6.30. The van der Waals surface area contributed by atoms with Crippen molar-refractivity contribution < 1.29 is 14.1 Å². The molecule has 0 aliphatic heterocycles. The van der Waals surface area contributed by atoms with Crippen LogP contribution in [0.15, 0.2) is 28.8 Å². The van der Waals surface area contributed by atoms with E-state index in [9.17, 15) is 4.79 Å². The maximum Gasteiger partial charge on any atom is 0.227 e. The summed E-state index contributed by atoms with van der Waals surface area (Å²) < 4.78 is 10.2. The number of aryl methyl sites for hydroxylation is 1. The number of benzene rings is 1. The first kappa shape index (κ1) is 15.4. The van der Waals surface area contributed by atoms with Gasteiger partial charge in [-0.15, -0.1) is 0 Å². The van der Waals surface area contributed by atoms with E-state index in [0.717, 1.165) is 17.0 Å². The summed E-state index contributed by atoms with van der Waals surface area (Å²) in [6.45, 7) is 2.22. The lowest BCUT2D eigenvalue weighted by molar-refractivity contribution is -0.129. The summed E-state index contributed by atoms with van der Waals surface area (Å²) in [4.78, 5) is 13.9. The number of hydrogen-bond donors (Lipinski definition) is 0. The van der Waals surface area contributed by atoms with Crippen LogP contribution in [0.5, 0.6) is 5.75 Å². The quantitative estimate of drug-likeness (QED) is 0.852. The van der Waals surface area contributed by atoms with Gasteiger partial charge in [-0.3, -0.25) is 4.79 Å². The summed E-state index contributed by atoms with van der Waals surface area (Å²) in [5.41, 5.74) is 1.49. The minimum Gasteiger partial charge on any atom is -0.496 e. The number of carbonyl (C=O) groups is 1. The lowest BCUT2D eigenvalue weighted by Gasteiger charge is -2.16. The Morgan fingerprint density at radius 1 is 1.43 bits per heavy atom. The van der Waals surface area contributed by atoms with Crippen molar-refractivity contribution in [2.75, 3.05) is 14.2 Å². The second-order valence-corrected chi connectivity index (χ2v) is 5.25. The first-order valence-electron chi connectivity index (χ1n) is 6.48. The highest BCUT2D eigenvalue weighted by Crippen LogP contribution is 2.23. The van der Waals surface area contributed by atoms with Crippen molar-refractivity contribution in [3.8, 4) is 5.75 Å². The number of nitrogens with zero attached hydrogens (tertiary/aromatic N) is 2. The van der Waals surface area contributed by atoms with Crippen molar-refractivity contribution in [2.45, 2.75) is 19.9 Å². The molecule has 1 heterocycles. The van der Waals surface area contributed by atoms with E-state index in [2.05, 4.69) is 5.16 Å². The van der Waals surface area contributed by atoms with Gasteiger partial charge < -0.3 is 14.2 Å². The maximum absolute atomic E-state index is 12.3. The molecule has 0 saturated carbocycles. The molecule has 2 aromatic rings. The standard InChI is InChI=1S/C15H17ClN2O3/c1-10-6-13(17-21-10)9-18(2)15(19)8-11-7-12(16)4-5-14(11)20-3/h4-7H,8-9H2,1-3H3. The summed E-state index contributed by atoms with van der Waals surface area (Å²) in [6, 6.07) is 7.04. The molecule has 0 radical (unpaired) electrons. The summed E-state index contributed by atoms with van der Waals surface area (Å²) in [5, 5.41) is 4.46. The van der Waals surface area contributed by atoms with Gasteiger partial charge in [0.05, 0.1) is 20.1 Å². The molecule has 0 fully saturated rings. The number of ether oxygens (including phenoxy) is 1. The molecule has 2 rings (SSSR count). The van der Waals surface area contributed by atoms with Crippen LogP contribution in [-0.2, 0) is 17.8 Å². The molecule has 0 spiro atoms. The molecule has 0 bridgehead atoms. The third kappa shape index (κ3) is 3.98. The van der Waals surface area contributed by atoms with Crippen LogP contribution in [0.4, 0.5) is 0 Å². The second-order valence-electron chi connectivity index (χ2n) is 4.81. The van der Waals surface area contributed by atoms with Gasteiger partial charge in [-0.05, 0) is 25.1 Å². The minimum absolute atomic E-state index is 0.0452. The van der Waals surface area contributed by atoms with Gasteiger partial charge in [-0.2, -0.15) is 0 Å². The number of hydrogen-bond acceptors (Lipinski definition) is 4. The third-order valence-corrected chi connectivity index (χ3v) is 3.32. The van der Waals surface area contributed by atoms with Crippen LogP contribution in [0.3, 0.4) is 0 Å². The lowest BCUT2D eigenvalue weighted by Crippen LogP contribution is -2.28. The van der Waals surface area contributed by atoms with E-state index in [4.69, 9.17) is 20.9 Å². The lowest BCUT2D eigenvalue weighted by atomic mass is 10.1. The molecular formula is C15H17ClN2O3. The average Bonchev–Trinajstić information content (AvgIpc) is 2.84. The van der Waals surface area contributed by atoms with Crippen molar-refractivity contribution >= 4 is 17.5 Å². The summed E-state index contributed by atoms with van der Waals surface area (Å²) >= 11 is 5.97. The molecule has 0 aliphatic carbocycles. The number of amides is 1. The molecule has 0 atom stereocenters. The van der Waals surface area contributed by atoms with E-state index in [1.54, 1.807) is 37.3 Å². The van der Waals surface area contributed by atoms with Crippen LogP contribution in [0.2, 0.25) is 5.02 Å². The first-order chi connectivity index (χ1) is 9.99. The Balaban J connectivity index is 2.05. The van der Waals surface area contributed by atoms with Crippen molar-refractivity contribution in [3.05, 3.63) is 46.3 Å². The number of rotatable bonds is 5. The largest absolute Gasteiger partial charge is 0.496 e. The SMILES string of the molecule is COc1ccc(Cl)cc1CC(=O)N(C)Cc1cc(C)on1. The Bertz CT molecular complexity index is 640. The highest BCUT2D eigenvalue weighted by Gasteiger charge is 2.15. The number of likely N-dealkylation sites (N-methyl/N-ethyl adjacent to an activating group) is 1. The zero-order valence-electron chi connectivity index (χ0n) is 12.2. The van der Waals surface area contributed by atoms with Gasteiger partial charge in [0.1, 0.15) is 17.2 Å². The molecule has 1 aromatic carbocycles. The Hall–Kier alpha value is -2.01. The van der Waals surface area contributed by atoms with Crippen molar-refractivity contribution in [1.82, 2.24) is 10.1 Å². The first-order valence-corrected chi connectivity index (χ1v) is 6.86. The second kappa shape index (κ2) is 6.63. The van der Waals surface area contributed by atoms with Crippen molar-refractivity contribution in [1.29, 1.82) is 0 Å². The van der Waals surface area contributed by atoms with Crippen LogP contribution in [-0.4, -0.2) is 30.1 Å². The Kier molecular flexibility index (Phi) is 4.85. The van der Waals surface area contributed by atoms with Crippen LogP contribution in [0.25, 0.3) is 0 Å². The third-order valence-electron chi connectivity index (χ3n) is 3.09. The minimum atomic E-state index is -0.0452. The van der Waals surface area contributed by atoms with Gasteiger partial charge in [0, 0.05) is 23.7 Å². The van der Waals surface area contributed by atoms with Crippen LogP contribution in [0.1, 0.15) is 17.0 Å². The Morgan fingerprint density at radius 3 is 2.81 bits per heavy atom. The van der Waals surface area contributed by atoms with Gasteiger partial charge in [0.25, 0.3) is 0 Å². The predicted octanol–water partition coefficient (Wildman–Crippen LogP) is 2.85. The molecule has 0 unspecified atom stereocenters. The molecule has 1 aromatic heterocycles. The molecule has 0 aliphatic rings. The summed E-state index contributed by atoms with van der Waals surface area (Å²) in [5.74, 6) is 1.33. The number of methoxy groups -OCH3 is 1. The van der Waals surface area contributed by atoms with Gasteiger partial charge in [0.2, 0.25) is 5.91 Å². The molecule has 21 heavy (non-hydrogen) atoms. The van der Waals surface area contributed by atoms with E-state index < -0.39 is 0 Å². The van der Waals surface area contributed by atoms with Crippen LogP contribution in [0, 0.1) is 6.92 Å². The topological polar surface area (TPSA) is 55.6 Å². The van der Waals surface area contributed by atoms with E-state index in [1.807, 2.05) is 13.0 Å². The highest BCUT2D eigenvalue weighted by atomic mass is 35.5. The molecule has 1 amide bonds. The molecule has 5 nitrogen and oxygen atoms in total. The molecule has 112 valence electrons. The smallest absolute Gasteiger partial charge is 0.227 e. The van der Waals surface area contributed by atoms with E-state index in [0.29, 0.717) is 17.3 Å². The Labute approximate surface area is 128 Å². The fourth-order valence-corrected chi connectivity index (χ4v) is 2.20. The predicted molar refractivity (Wildman–Crippen MR) is 79.4 cm³/mol. The van der Waals surface area contributed by atoms with Crippen molar-refractivity contribution in [2.24, 2.45) is 0 Å². The van der Waals surface area contributed by atoms with Gasteiger partial charge >= 0.3 is 0 Å². The Morgan fingerprint density at radius 2 is 2.19 bits per heavy atom. The summed E-state index contributed by atoms with van der Waals surface area (Å²) in [6.07, 6.45) is 0.219. The average molecular weight is 309 g/mol.